The second-order valence-electron chi connectivity index (χ2n) is 7.27. The van der Waals surface area contributed by atoms with E-state index < -0.39 is 29.7 Å². The molecule has 2 aromatic rings. The number of nitrogens with one attached hydrogen (secondary N) is 1. The normalized spacial score (nSPS) is 17.0. The fourth-order valence-electron chi connectivity index (χ4n) is 3.47. The van der Waals surface area contributed by atoms with E-state index in [-0.39, 0.29) is 25.5 Å². The third kappa shape index (κ3) is 4.83. The van der Waals surface area contributed by atoms with Crippen LogP contribution in [0.2, 0.25) is 0 Å². The summed E-state index contributed by atoms with van der Waals surface area (Å²) in [5.74, 6) is -2.49. The topological polar surface area (TPSA) is 113 Å². The molecule has 1 aliphatic heterocycles. The van der Waals surface area contributed by atoms with Crippen molar-refractivity contribution < 1.29 is 19.2 Å². The zero-order chi connectivity index (χ0) is 21.7. The van der Waals surface area contributed by atoms with Gasteiger partial charge in [-0.1, -0.05) is 60.7 Å². The molecule has 8 heteroatoms. The Balaban J connectivity index is 1.78. The van der Waals surface area contributed by atoms with Crippen molar-refractivity contribution in [1.82, 2.24) is 15.1 Å². The van der Waals surface area contributed by atoms with E-state index in [1.165, 1.54) is 9.80 Å². The second-order valence-corrected chi connectivity index (χ2v) is 7.27. The maximum atomic E-state index is 13.0. The standard InChI is InChI=1S/C22H24N4O4/c1-25-14-18(26(22(25)30)13-16-10-6-3-7-11-16)21(29)24-17(19(27)20(23)28)12-15-8-4-2-5-9-15/h2-11,17-18H,12-14H2,1H3,(H2,23,28)(H,24,29)/t17?,18-/m0/s1. The van der Waals surface area contributed by atoms with Crippen LogP contribution in [0, 0.1) is 0 Å². The van der Waals surface area contributed by atoms with E-state index in [0.717, 1.165) is 11.1 Å². The van der Waals surface area contributed by atoms with Crippen molar-refractivity contribution in [3.8, 4) is 0 Å². The number of hydrogen-bond donors (Lipinski definition) is 2. The second kappa shape index (κ2) is 9.21. The van der Waals surface area contributed by atoms with Crippen LogP contribution in [-0.2, 0) is 27.3 Å². The van der Waals surface area contributed by atoms with Gasteiger partial charge in [-0.15, -0.1) is 0 Å². The van der Waals surface area contributed by atoms with E-state index in [9.17, 15) is 19.2 Å². The van der Waals surface area contributed by atoms with Crippen LogP contribution < -0.4 is 11.1 Å². The van der Waals surface area contributed by atoms with Crippen LogP contribution in [0.3, 0.4) is 0 Å². The average Bonchev–Trinajstić information content (AvgIpc) is 3.02. The van der Waals surface area contributed by atoms with E-state index in [1.54, 1.807) is 31.3 Å². The Morgan fingerprint density at radius 3 is 2.17 bits per heavy atom. The maximum absolute atomic E-state index is 13.0. The Morgan fingerprint density at radius 2 is 1.60 bits per heavy atom. The number of amides is 4. The lowest BCUT2D eigenvalue weighted by atomic mass is 10.0. The fourth-order valence-corrected chi connectivity index (χ4v) is 3.47. The number of primary amides is 1. The first-order chi connectivity index (χ1) is 14.4. The van der Waals surface area contributed by atoms with Crippen LogP contribution in [0.1, 0.15) is 11.1 Å². The minimum absolute atomic E-state index is 0.129. The van der Waals surface area contributed by atoms with Crippen molar-refractivity contribution in [2.45, 2.75) is 25.0 Å². The van der Waals surface area contributed by atoms with Gasteiger partial charge in [0.05, 0.1) is 6.54 Å². The number of carbonyl (C=O) groups excluding carboxylic acids is 4. The summed E-state index contributed by atoms with van der Waals surface area (Å²) in [4.78, 5) is 52.3. The van der Waals surface area contributed by atoms with Crippen LogP contribution in [0.5, 0.6) is 0 Å². The van der Waals surface area contributed by atoms with Gasteiger partial charge in [-0.3, -0.25) is 14.4 Å². The predicted molar refractivity (Wildman–Crippen MR) is 110 cm³/mol. The minimum atomic E-state index is -1.11. The molecule has 4 amide bonds. The molecule has 0 bridgehead atoms. The third-order valence-electron chi connectivity index (χ3n) is 5.05. The first-order valence-corrected chi connectivity index (χ1v) is 9.60. The summed E-state index contributed by atoms with van der Waals surface area (Å²) in [6, 6.07) is 16.2. The monoisotopic (exact) mass is 408 g/mol. The summed E-state index contributed by atoms with van der Waals surface area (Å²) >= 11 is 0. The summed E-state index contributed by atoms with van der Waals surface area (Å²) in [7, 11) is 1.61. The first kappa shape index (κ1) is 21.0. The molecule has 0 aliphatic carbocycles. The Morgan fingerprint density at radius 1 is 1.03 bits per heavy atom. The molecule has 8 nitrogen and oxygen atoms in total. The minimum Gasteiger partial charge on any atom is -0.363 e. The number of benzene rings is 2. The third-order valence-corrected chi connectivity index (χ3v) is 5.05. The number of rotatable bonds is 8. The summed E-state index contributed by atoms with van der Waals surface area (Å²) < 4.78 is 0. The number of likely N-dealkylation sites (N-methyl/N-ethyl adjacent to an activating group) is 1. The largest absolute Gasteiger partial charge is 0.363 e. The number of carbonyl (C=O) groups is 4. The maximum Gasteiger partial charge on any atom is 0.320 e. The van der Waals surface area contributed by atoms with Crippen LogP contribution >= 0.6 is 0 Å². The summed E-state index contributed by atoms with van der Waals surface area (Å²) in [5.41, 5.74) is 6.84. The Bertz CT molecular complexity index is 933. The molecular formula is C22H24N4O4. The molecule has 0 saturated carbocycles. The number of nitrogens with zero attached hydrogens (tertiary/aromatic N) is 2. The molecule has 1 heterocycles. The molecule has 1 saturated heterocycles. The zero-order valence-corrected chi connectivity index (χ0v) is 16.7. The SMILES string of the molecule is CN1C[C@@H](C(=O)NC(Cc2ccccc2)C(=O)C(N)=O)N(Cc2ccccc2)C1=O. The van der Waals surface area contributed by atoms with Crippen molar-refractivity contribution in [2.24, 2.45) is 5.73 Å². The zero-order valence-electron chi connectivity index (χ0n) is 16.7. The van der Waals surface area contributed by atoms with E-state index in [4.69, 9.17) is 5.73 Å². The lowest BCUT2D eigenvalue weighted by Gasteiger charge is -2.25. The van der Waals surface area contributed by atoms with Crippen LogP contribution in [0.25, 0.3) is 0 Å². The molecule has 2 atom stereocenters. The highest BCUT2D eigenvalue weighted by Crippen LogP contribution is 2.19. The molecule has 1 aliphatic rings. The van der Waals surface area contributed by atoms with Gasteiger partial charge in [0, 0.05) is 20.0 Å². The molecule has 3 rings (SSSR count). The Hall–Kier alpha value is -3.68. The highest BCUT2D eigenvalue weighted by atomic mass is 16.2. The average molecular weight is 408 g/mol. The highest BCUT2D eigenvalue weighted by molar-refractivity contribution is 6.38. The highest BCUT2D eigenvalue weighted by Gasteiger charge is 2.41. The van der Waals surface area contributed by atoms with Gasteiger partial charge in [0.1, 0.15) is 12.1 Å². The molecule has 30 heavy (non-hydrogen) atoms. The van der Waals surface area contributed by atoms with Crippen molar-refractivity contribution >= 4 is 23.6 Å². The van der Waals surface area contributed by atoms with Crippen LogP contribution in [0.4, 0.5) is 4.79 Å². The van der Waals surface area contributed by atoms with E-state index in [0.29, 0.717) is 0 Å². The van der Waals surface area contributed by atoms with Crippen molar-refractivity contribution in [3.63, 3.8) is 0 Å². The lowest BCUT2D eigenvalue weighted by molar-refractivity contribution is -0.138. The van der Waals surface area contributed by atoms with E-state index in [2.05, 4.69) is 5.32 Å². The smallest absolute Gasteiger partial charge is 0.320 e. The Labute approximate surface area is 174 Å². The van der Waals surface area contributed by atoms with E-state index >= 15 is 0 Å². The number of nitrogens with two attached hydrogens (primary N) is 1. The number of urea groups is 1. The predicted octanol–water partition coefficient (Wildman–Crippen LogP) is 0.705. The molecule has 0 aromatic heterocycles. The molecule has 1 fully saturated rings. The molecule has 0 radical (unpaired) electrons. The van der Waals surface area contributed by atoms with Gasteiger partial charge in [-0.25, -0.2) is 4.79 Å². The molecule has 1 unspecified atom stereocenters. The fraction of sp³-hybridized carbons (Fsp3) is 0.273. The van der Waals surface area contributed by atoms with Gasteiger partial charge >= 0.3 is 6.03 Å². The summed E-state index contributed by atoms with van der Waals surface area (Å²) in [6.07, 6.45) is 0.129. The van der Waals surface area contributed by atoms with Crippen molar-refractivity contribution in [3.05, 3.63) is 71.8 Å². The molecule has 3 N–H and O–H groups in total. The van der Waals surface area contributed by atoms with Gasteiger partial charge in [-0.05, 0) is 11.1 Å². The molecule has 0 spiro atoms. The van der Waals surface area contributed by atoms with Gasteiger partial charge in [0.25, 0.3) is 5.91 Å². The van der Waals surface area contributed by atoms with Crippen molar-refractivity contribution in [1.29, 1.82) is 0 Å². The first-order valence-electron chi connectivity index (χ1n) is 9.60. The molecule has 2 aromatic carbocycles. The number of Topliss-reactive ketones (excluding diaryl/α,β-unsaturated/α-hetero) is 1. The van der Waals surface area contributed by atoms with Gasteiger partial charge < -0.3 is 20.9 Å². The quantitative estimate of drug-likeness (QED) is 0.626. The van der Waals surface area contributed by atoms with E-state index in [1.807, 2.05) is 36.4 Å². The lowest BCUT2D eigenvalue weighted by Crippen LogP contribution is -2.53. The Kier molecular flexibility index (Phi) is 6.46. The van der Waals surface area contributed by atoms with Crippen molar-refractivity contribution in [2.75, 3.05) is 13.6 Å². The number of hydrogen-bond acceptors (Lipinski definition) is 4. The van der Waals surface area contributed by atoms with Gasteiger partial charge in [0.15, 0.2) is 0 Å². The number of ketones is 1. The summed E-state index contributed by atoms with van der Waals surface area (Å²) in [6.45, 7) is 0.440. The van der Waals surface area contributed by atoms with Gasteiger partial charge in [0.2, 0.25) is 11.7 Å². The molecular weight excluding hydrogens is 384 g/mol. The molecule has 156 valence electrons. The van der Waals surface area contributed by atoms with Crippen LogP contribution in [-0.4, -0.2) is 59.1 Å². The van der Waals surface area contributed by atoms with Gasteiger partial charge in [-0.2, -0.15) is 0 Å². The summed E-state index contributed by atoms with van der Waals surface area (Å²) in [5, 5.41) is 2.64. The van der Waals surface area contributed by atoms with Crippen LogP contribution in [0.15, 0.2) is 60.7 Å².